The molecule has 8 heteroatoms. The average molecular weight is 448 g/mol. The van der Waals surface area contributed by atoms with Crippen molar-refractivity contribution in [3.8, 4) is 11.5 Å². The maximum atomic E-state index is 12.8. The molecule has 1 aliphatic rings. The summed E-state index contributed by atoms with van der Waals surface area (Å²) in [5.41, 5.74) is 1.18. The van der Waals surface area contributed by atoms with Crippen LogP contribution in [0, 0.1) is 12.8 Å². The Morgan fingerprint density at radius 3 is 2.65 bits per heavy atom. The van der Waals surface area contributed by atoms with Crippen LogP contribution in [0.1, 0.15) is 51.5 Å². The van der Waals surface area contributed by atoms with E-state index in [2.05, 4.69) is 4.98 Å². The second-order valence-corrected chi connectivity index (χ2v) is 10.0. The van der Waals surface area contributed by atoms with E-state index in [1.807, 2.05) is 49.4 Å². The number of carbonyl (C=O) groups excluding carboxylic acids is 2. The van der Waals surface area contributed by atoms with Crippen LogP contribution in [-0.2, 0) is 16.0 Å². The summed E-state index contributed by atoms with van der Waals surface area (Å²) in [5.74, 6) is 1.88. The summed E-state index contributed by atoms with van der Waals surface area (Å²) in [6.45, 7) is 9.62. The van der Waals surface area contributed by atoms with Gasteiger partial charge in [0.05, 0.1) is 12.1 Å². The van der Waals surface area contributed by atoms with Gasteiger partial charge in [-0.15, -0.1) is 0 Å². The average Bonchev–Trinajstić information content (AvgIpc) is 3.35. The summed E-state index contributed by atoms with van der Waals surface area (Å²) in [5, 5.41) is 3.97. The van der Waals surface area contributed by atoms with E-state index in [0.717, 1.165) is 37.9 Å². The van der Waals surface area contributed by atoms with E-state index in [0.29, 0.717) is 29.8 Å². The number of oxazole rings is 1. The quantitative estimate of drug-likeness (QED) is 0.639. The molecule has 0 spiro atoms. The van der Waals surface area contributed by atoms with Gasteiger partial charge in [0.15, 0.2) is 0 Å². The van der Waals surface area contributed by atoms with E-state index >= 15 is 0 Å². The number of hydrogen-bond acceptors (Lipinski definition) is 6. The van der Waals surface area contributed by atoms with Crippen LogP contribution in [0.2, 0.25) is 0 Å². The molecule has 2 amide bonds. The van der Waals surface area contributed by atoms with Crippen LogP contribution in [0.5, 0.6) is 0 Å². The highest BCUT2D eigenvalue weighted by Gasteiger charge is 2.26. The van der Waals surface area contributed by atoms with Crippen LogP contribution < -0.4 is 0 Å². The van der Waals surface area contributed by atoms with Crippen molar-refractivity contribution >= 4 is 23.3 Å². The first-order valence-electron chi connectivity index (χ1n) is 10.8. The van der Waals surface area contributed by atoms with E-state index < -0.39 is 5.60 Å². The largest absolute Gasteiger partial charge is 0.444 e. The molecule has 0 saturated carbocycles. The van der Waals surface area contributed by atoms with Gasteiger partial charge in [0.2, 0.25) is 11.8 Å². The third-order valence-corrected chi connectivity index (χ3v) is 6.21. The standard InChI is InChI=1S/C23H33N3O4S/c1-16-19(24-21(29-16)18-9-13-31-15-18)14-20(27)26-11-7-17(8-12-26)6-10-25(5)22(28)30-23(2,3)4/h9,13,15,17H,6-8,10-12,14H2,1-5H3. The molecule has 2 aromatic rings. The molecule has 1 saturated heterocycles. The number of thiophene rings is 1. The fraction of sp³-hybridized carbons (Fsp3) is 0.609. The topological polar surface area (TPSA) is 75.9 Å². The molecule has 0 N–H and O–H groups in total. The molecule has 0 atom stereocenters. The van der Waals surface area contributed by atoms with Crippen molar-refractivity contribution in [2.75, 3.05) is 26.7 Å². The van der Waals surface area contributed by atoms with Crippen molar-refractivity contribution in [1.29, 1.82) is 0 Å². The van der Waals surface area contributed by atoms with Gasteiger partial charge in [0, 0.05) is 37.6 Å². The predicted octanol–water partition coefficient (Wildman–Crippen LogP) is 4.75. The molecule has 0 unspecified atom stereocenters. The number of carbonyl (C=O) groups is 2. The maximum Gasteiger partial charge on any atom is 0.410 e. The normalized spacial score (nSPS) is 15.2. The molecule has 0 radical (unpaired) electrons. The van der Waals surface area contributed by atoms with E-state index in [1.165, 1.54) is 0 Å². The van der Waals surface area contributed by atoms with Gasteiger partial charge >= 0.3 is 6.09 Å². The fourth-order valence-corrected chi connectivity index (χ4v) is 4.26. The van der Waals surface area contributed by atoms with Crippen molar-refractivity contribution in [2.24, 2.45) is 5.92 Å². The molecule has 2 aromatic heterocycles. The Balaban J connectivity index is 1.43. The smallest absolute Gasteiger partial charge is 0.410 e. The van der Waals surface area contributed by atoms with Gasteiger partial charge in [-0.2, -0.15) is 11.3 Å². The van der Waals surface area contributed by atoms with Gasteiger partial charge in [-0.1, -0.05) is 0 Å². The number of rotatable bonds is 6. The Labute approximate surface area is 188 Å². The number of hydrogen-bond donors (Lipinski definition) is 0. The molecule has 7 nitrogen and oxygen atoms in total. The lowest BCUT2D eigenvalue weighted by atomic mass is 9.93. The lowest BCUT2D eigenvalue weighted by Crippen LogP contribution is -2.40. The zero-order valence-corrected chi connectivity index (χ0v) is 20.0. The minimum Gasteiger partial charge on any atom is -0.444 e. The number of aromatic nitrogens is 1. The second kappa shape index (κ2) is 9.85. The van der Waals surface area contributed by atoms with Crippen molar-refractivity contribution in [2.45, 2.75) is 59.0 Å². The lowest BCUT2D eigenvalue weighted by molar-refractivity contribution is -0.131. The fourth-order valence-electron chi connectivity index (χ4n) is 3.64. The molecule has 3 heterocycles. The third-order valence-electron chi connectivity index (χ3n) is 5.52. The molecule has 0 aromatic carbocycles. The Bertz CT molecular complexity index is 877. The lowest BCUT2D eigenvalue weighted by Gasteiger charge is -2.33. The highest BCUT2D eigenvalue weighted by molar-refractivity contribution is 7.08. The summed E-state index contributed by atoms with van der Waals surface area (Å²) >= 11 is 1.59. The molecule has 0 aliphatic carbocycles. The number of nitrogens with zero attached hydrogens (tertiary/aromatic N) is 3. The number of ether oxygens (including phenoxy) is 1. The van der Waals surface area contributed by atoms with E-state index in [4.69, 9.17) is 9.15 Å². The molecular weight excluding hydrogens is 414 g/mol. The van der Waals surface area contributed by atoms with Crippen molar-refractivity contribution in [1.82, 2.24) is 14.8 Å². The first kappa shape index (κ1) is 23.3. The molecule has 1 aliphatic heterocycles. The third kappa shape index (κ3) is 6.56. The monoisotopic (exact) mass is 447 g/mol. The van der Waals surface area contributed by atoms with Gasteiger partial charge in [0.1, 0.15) is 11.4 Å². The molecular formula is C23H33N3O4S. The molecule has 170 valence electrons. The Kier molecular flexibility index (Phi) is 7.41. The SMILES string of the molecule is Cc1oc(-c2ccsc2)nc1CC(=O)N1CCC(CCN(C)C(=O)OC(C)(C)C)CC1. The van der Waals surface area contributed by atoms with Crippen molar-refractivity contribution < 1.29 is 18.7 Å². The minimum absolute atomic E-state index is 0.0950. The zero-order valence-electron chi connectivity index (χ0n) is 19.1. The van der Waals surface area contributed by atoms with Gasteiger partial charge < -0.3 is 19.0 Å². The van der Waals surface area contributed by atoms with Crippen molar-refractivity contribution in [3.63, 3.8) is 0 Å². The number of aryl methyl sites for hydroxylation is 1. The van der Waals surface area contributed by atoms with Crippen LogP contribution in [0.3, 0.4) is 0 Å². The Morgan fingerprint density at radius 1 is 1.32 bits per heavy atom. The zero-order chi connectivity index (χ0) is 22.6. The first-order chi connectivity index (χ1) is 14.6. The summed E-state index contributed by atoms with van der Waals surface area (Å²) < 4.78 is 11.2. The maximum absolute atomic E-state index is 12.8. The summed E-state index contributed by atoms with van der Waals surface area (Å²) in [4.78, 5) is 33.0. The Hall–Kier alpha value is -2.35. The minimum atomic E-state index is -0.482. The van der Waals surface area contributed by atoms with E-state index in [1.54, 1.807) is 23.3 Å². The van der Waals surface area contributed by atoms with Crippen LogP contribution in [0.25, 0.3) is 11.5 Å². The number of piperidine rings is 1. The first-order valence-corrected chi connectivity index (χ1v) is 11.8. The second-order valence-electron chi connectivity index (χ2n) is 9.23. The van der Waals surface area contributed by atoms with Crippen LogP contribution in [-0.4, -0.2) is 59.1 Å². The predicted molar refractivity (Wildman–Crippen MR) is 121 cm³/mol. The van der Waals surface area contributed by atoms with Gasteiger partial charge in [-0.05, 0) is 64.3 Å². The highest BCUT2D eigenvalue weighted by Crippen LogP contribution is 2.25. The molecule has 1 fully saturated rings. The van der Waals surface area contributed by atoms with Crippen LogP contribution in [0.15, 0.2) is 21.2 Å². The van der Waals surface area contributed by atoms with Gasteiger partial charge in [-0.25, -0.2) is 9.78 Å². The van der Waals surface area contributed by atoms with Gasteiger partial charge in [0.25, 0.3) is 0 Å². The van der Waals surface area contributed by atoms with Gasteiger partial charge in [-0.3, -0.25) is 4.79 Å². The van der Waals surface area contributed by atoms with Crippen LogP contribution in [0.4, 0.5) is 4.79 Å². The molecule has 0 bridgehead atoms. The summed E-state index contributed by atoms with van der Waals surface area (Å²) in [7, 11) is 1.78. The summed E-state index contributed by atoms with van der Waals surface area (Å²) in [6, 6.07) is 1.96. The molecule has 31 heavy (non-hydrogen) atoms. The highest BCUT2D eigenvalue weighted by atomic mass is 32.1. The Morgan fingerprint density at radius 2 is 2.03 bits per heavy atom. The summed E-state index contributed by atoms with van der Waals surface area (Å²) in [6.07, 6.45) is 2.80. The van der Waals surface area contributed by atoms with E-state index in [9.17, 15) is 9.59 Å². The molecule has 3 rings (SSSR count). The number of amides is 2. The van der Waals surface area contributed by atoms with E-state index in [-0.39, 0.29) is 18.4 Å². The van der Waals surface area contributed by atoms with Crippen molar-refractivity contribution in [3.05, 3.63) is 28.3 Å². The number of likely N-dealkylation sites (tertiary alicyclic amines) is 1. The van der Waals surface area contributed by atoms with Crippen LogP contribution >= 0.6 is 11.3 Å².